The Labute approximate surface area is 123 Å². The van der Waals surface area contributed by atoms with Crippen LogP contribution < -0.4 is 5.32 Å². The highest BCUT2D eigenvalue weighted by Crippen LogP contribution is 2.18. The minimum atomic E-state index is 0.598. The molecule has 2 rings (SSSR count). The van der Waals surface area contributed by atoms with Gasteiger partial charge in [0.05, 0.1) is 6.54 Å². The first-order chi connectivity index (χ1) is 9.60. The fourth-order valence-corrected chi connectivity index (χ4v) is 2.85. The van der Waals surface area contributed by atoms with Crippen LogP contribution >= 0.6 is 0 Å². The standard InChI is InChI=1S/C16H29N3O/c1-5-6-17-10-15-9-16(20-14(15)3)12-19-8-7-18(4)11-13(19)2/h9,13,17H,5-8,10-12H2,1-4H3. The maximum Gasteiger partial charge on any atom is 0.118 e. The van der Waals surface area contributed by atoms with Gasteiger partial charge in [0.25, 0.3) is 0 Å². The molecule has 1 N–H and O–H groups in total. The number of furan rings is 1. The molecule has 1 aromatic heterocycles. The zero-order chi connectivity index (χ0) is 14.5. The Kier molecular flexibility index (Phi) is 5.64. The maximum atomic E-state index is 5.93. The molecule has 0 amide bonds. The van der Waals surface area contributed by atoms with Gasteiger partial charge in [0.1, 0.15) is 11.5 Å². The maximum absolute atomic E-state index is 5.93. The van der Waals surface area contributed by atoms with E-state index < -0.39 is 0 Å². The van der Waals surface area contributed by atoms with Crippen molar-refractivity contribution in [2.45, 2.75) is 46.3 Å². The molecule has 0 saturated carbocycles. The van der Waals surface area contributed by atoms with Gasteiger partial charge in [0.2, 0.25) is 0 Å². The van der Waals surface area contributed by atoms with E-state index in [1.165, 1.54) is 12.0 Å². The smallest absolute Gasteiger partial charge is 0.118 e. The summed E-state index contributed by atoms with van der Waals surface area (Å²) in [4.78, 5) is 4.91. The molecule has 2 heterocycles. The molecule has 0 spiro atoms. The minimum Gasteiger partial charge on any atom is -0.465 e. The fourth-order valence-electron chi connectivity index (χ4n) is 2.85. The molecular formula is C16H29N3O. The van der Waals surface area contributed by atoms with Crippen LogP contribution in [0.15, 0.2) is 10.5 Å². The number of rotatable bonds is 6. The fraction of sp³-hybridized carbons (Fsp3) is 0.750. The quantitative estimate of drug-likeness (QED) is 0.809. The monoisotopic (exact) mass is 279 g/mol. The topological polar surface area (TPSA) is 31.6 Å². The first-order valence-electron chi connectivity index (χ1n) is 7.81. The van der Waals surface area contributed by atoms with Crippen LogP contribution in [0.3, 0.4) is 0 Å². The van der Waals surface area contributed by atoms with Gasteiger partial charge in [-0.2, -0.15) is 0 Å². The molecule has 1 saturated heterocycles. The van der Waals surface area contributed by atoms with Crippen molar-refractivity contribution in [2.75, 3.05) is 33.2 Å². The highest BCUT2D eigenvalue weighted by Gasteiger charge is 2.22. The van der Waals surface area contributed by atoms with Gasteiger partial charge in [-0.3, -0.25) is 4.90 Å². The van der Waals surface area contributed by atoms with Gasteiger partial charge >= 0.3 is 0 Å². The van der Waals surface area contributed by atoms with E-state index in [-0.39, 0.29) is 0 Å². The lowest BCUT2D eigenvalue weighted by Crippen LogP contribution is -2.49. The third kappa shape index (κ3) is 4.08. The van der Waals surface area contributed by atoms with Gasteiger partial charge in [-0.25, -0.2) is 0 Å². The molecule has 114 valence electrons. The summed E-state index contributed by atoms with van der Waals surface area (Å²) in [5.41, 5.74) is 1.30. The van der Waals surface area contributed by atoms with Crippen molar-refractivity contribution in [1.29, 1.82) is 0 Å². The normalized spacial score (nSPS) is 21.5. The lowest BCUT2D eigenvalue weighted by Gasteiger charge is -2.37. The van der Waals surface area contributed by atoms with E-state index in [0.29, 0.717) is 6.04 Å². The molecule has 0 aromatic carbocycles. The van der Waals surface area contributed by atoms with Gasteiger partial charge < -0.3 is 14.6 Å². The number of aryl methyl sites for hydroxylation is 1. The molecule has 1 atom stereocenters. The van der Waals surface area contributed by atoms with Gasteiger partial charge in [-0.1, -0.05) is 6.92 Å². The van der Waals surface area contributed by atoms with Crippen LogP contribution in [0.2, 0.25) is 0 Å². The van der Waals surface area contributed by atoms with E-state index in [2.05, 4.69) is 49.0 Å². The van der Waals surface area contributed by atoms with E-state index in [9.17, 15) is 0 Å². The van der Waals surface area contributed by atoms with Gasteiger partial charge in [-0.15, -0.1) is 0 Å². The van der Waals surface area contributed by atoms with Gasteiger partial charge in [0.15, 0.2) is 0 Å². The average Bonchev–Trinajstić information content (AvgIpc) is 2.74. The number of hydrogen-bond acceptors (Lipinski definition) is 4. The third-order valence-corrected chi connectivity index (χ3v) is 4.14. The molecule has 0 aliphatic carbocycles. The van der Waals surface area contributed by atoms with Crippen LogP contribution in [0, 0.1) is 6.92 Å². The van der Waals surface area contributed by atoms with Crippen LogP contribution in [0.1, 0.15) is 37.4 Å². The van der Waals surface area contributed by atoms with E-state index in [1.807, 2.05) is 0 Å². The first-order valence-corrected chi connectivity index (χ1v) is 7.81. The molecule has 4 heteroatoms. The molecule has 1 aromatic rings. The molecule has 1 aliphatic heterocycles. The van der Waals surface area contributed by atoms with Crippen molar-refractivity contribution >= 4 is 0 Å². The van der Waals surface area contributed by atoms with Crippen molar-refractivity contribution < 1.29 is 4.42 Å². The molecule has 0 bridgehead atoms. The van der Waals surface area contributed by atoms with Crippen LogP contribution in [-0.2, 0) is 13.1 Å². The number of piperazine rings is 1. The predicted octanol–water partition coefficient (Wildman–Crippen LogP) is 2.22. The van der Waals surface area contributed by atoms with Crippen molar-refractivity contribution in [3.8, 4) is 0 Å². The summed E-state index contributed by atoms with van der Waals surface area (Å²) in [7, 11) is 2.20. The molecule has 1 fully saturated rings. The lowest BCUT2D eigenvalue weighted by atomic mass is 10.2. The van der Waals surface area contributed by atoms with Gasteiger partial charge in [-0.05, 0) is 39.9 Å². The zero-order valence-corrected chi connectivity index (χ0v) is 13.4. The number of nitrogens with one attached hydrogen (secondary N) is 1. The Morgan fingerprint density at radius 1 is 1.40 bits per heavy atom. The molecule has 4 nitrogen and oxygen atoms in total. The highest BCUT2D eigenvalue weighted by molar-refractivity contribution is 5.20. The molecule has 20 heavy (non-hydrogen) atoms. The van der Waals surface area contributed by atoms with E-state index >= 15 is 0 Å². The molecule has 1 unspecified atom stereocenters. The second kappa shape index (κ2) is 7.25. The molecule has 1 aliphatic rings. The Morgan fingerprint density at radius 3 is 2.90 bits per heavy atom. The van der Waals surface area contributed by atoms with Crippen molar-refractivity contribution in [3.63, 3.8) is 0 Å². The molecular weight excluding hydrogens is 250 g/mol. The van der Waals surface area contributed by atoms with Gasteiger partial charge in [0, 0.05) is 37.8 Å². The largest absolute Gasteiger partial charge is 0.465 e. The number of nitrogens with zero attached hydrogens (tertiary/aromatic N) is 2. The summed E-state index contributed by atoms with van der Waals surface area (Å²) in [6.45, 7) is 12.9. The minimum absolute atomic E-state index is 0.598. The van der Waals surface area contributed by atoms with Crippen molar-refractivity contribution in [1.82, 2.24) is 15.1 Å². The molecule has 0 radical (unpaired) electrons. The summed E-state index contributed by atoms with van der Waals surface area (Å²) >= 11 is 0. The number of hydrogen-bond donors (Lipinski definition) is 1. The Morgan fingerprint density at radius 2 is 2.20 bits per heavy atom. The zero-order valence-electron chi connectivity index (χ0n) is 13.4. The second-order valence-electron chi connectivity index (χ2n) is 6.05. The van der Waals surface area contributed by atoms with Crippen molar-refractivity contribution in [2.24, 2.45) is 0 Å². The van der Waals surface area contributed by atoms with E-state index in [4.69, 9.17) is 4.42 Å². The average molecular weight is 279 g/mol. The first kappa shape index (κ1) is 15.5. The second-order valence-corrected chi connectivity index (χ2v) is 6.05. The third-order valence-electron chi connectivity index (χ3n) is 4.14. The van der Waals surface area contributed by atoms with Crippen LogP contribution in [0.5, 0.6) is 0 Å². The highest BCUT2D eigenvalue weighted by atomic mass is 16.3. The van der Waals surface area contributed by atoms with Crippen LogP contribution in [-0.4, -0.2) is 49.1 Å². The predicted molar refractivity (Wildman–Crippen MR) is 82.8 cm³/mol. The lowest BCUT2D eigenvalue weighted by molar-refractivity contribution is 0.0872. The van der Waals surface area contributed by atoms with Crippen LogP contribution in [0.4, 0.5) is 0 Å². The van der Waals surface area contributed by atoms with E-state index in [0.717, 1.165) is 50.8 Å². The van der Waals surface area contributed by atoms with Crippen LogP contribution in [0.25, 0.3) is 0 Å². The Hall–Kier alpha value is -0.840. The summed E-state index contributed by atoms with van der Waals surface area (Å²) in [6, 6.07) is 2.82. The summed E-state index contributed by atoms with van der Waals surface area (Å²) in [6.07, 6.45) is 1.17. The SMILES string of the molecule is CCCNCc1cc(CN2CCN(C)CC2C)oc1C. The Balaban J connectivity index is 1.91. The summed E-state index contributed by atoms with van der Waals surface area (Å²) in [5, 5.41) is 3.44. The summed E-state index contributed by atoms with van der Waals surface area (Å²) < 4.78 is 5.93. The number of likely N-dealkylation sites (N-methyl/N-ethyl adjacent to an activating group) is 1. The van der Waals surface area contributed by atoms with E-state index in [1.54, 1.807) is 0 Å². The summed E-state index contributed by atoms with van der Waals surface area (Å²) in [5.74, 6) is 2.16. The Bertz CT molecular complexity index is 416. The van der Waals surface area contributed by atoms with Crippen molar-refractivity contribution in [3.05, 3.63) is 23.2 Å².